The van der Waals surface area contributed by atoms with Gasteiger partial charge in [0.15, 0.2) is 0 Å². The number of amides is 2. The first-order valence-electron chi connectivity index (χ1n) is 10.5. The third-order valence-corrected chi connectivity index (χ3v) is 6.00. The van der Waals surface area contributed by atoms with Crippen molar-refractivity contribution in [3.05, 3.63) is 70.8 Å². The van der Waals surface area contributed by atoms with Gasteiger partial charge in [0, 0.05) is 18.8 Å². The number of nitrogens with one attached hydrogen (secondary N) is 1. The molecule has 1 atom stereocenters. The van der Waals surface area contributed by atoms with Crippen LogP contribution in [0.1, 0.15) is 43.0 Å². The number of benzene rings is 2. The lowest BCUT2D eigenvalue weighted by Gasteiger charge is -2.29. The van der Waals surface area contributed by atoms with Gasteiger partial charge in [-0.25, -0.2) is 0 Å². The Labute approximate surface area is 185 Å². The van der Waals surface area contributed by atoms with E-state index in [1.54, 1.807) is 16.7 Å². The summed E-state index contributed by atoms with van der Waals surface area (Å²) in [5, 5.41) is 2.96. The maximum atomic E-state index is 13.1. The van der Waals surface area contributed by atoms with Gasteiger partial charge < -0.3 is 10.2 Å². The highest BCUT2D eigenvalue weighted by molar-refractivity contribution is 7.99. The number of nitrogens with zero attached hydrogens (tertiary/aromatic N) is 1. The molecule has 2 aromatic carbocycles. The molecule has 30 heavy (non-hydrogen) atoms. The third kappa shape index (κ3) is 7.52. The van der Waals surface area contributed by atoms with Crippen molar-refractivity contribution in [2.45, 2.75) is 53.0 Å². The number of thioether (sulfide) groups is 1. The zero-order chi connectivity index (χ0) is 22.1. The van der Waals surface area contributed by atoms with E-state index in [0.717, 1.165) is 16.9 Å². The van der Waals surface area contributed by atoms with Gasteiger partial charge in [0.2, 0.25) is 11.8 Å². The van der Waals surface area contributed by atoms with Crippen LogP contribution < -0.4 is 5.32 Å². The van der Waals surface area contributed by atoms with Crippen molar-refractivity contribution in [2.75, 3.05) is 12.3 Å². The van der Waals surface area contributed by atoms with Gasteiger partial charge in [-0.2, -0.15) is 0 Å². The molecular formula is C25H34N2O2S. The Hall–Kier alpha value is -2.27. The Bertz CT molecular complexity index is 851. The smallest absolute Gasteiger partial charge is 0.242 e. The summed E-state index contributed by atoms with van der Waals surface area (Å²) in [7, 11) is 0. The van der Waals surface area contributed by atoms with Crippen molar-refractivity contribution in [3.8, 4) is 0 Å². The Balaban J connectivity index is 2.07. The highest BCUT2D eigenvalue weighted by Gasteiger charge is 2.26. The number of carbonyl (C=O) groups excluding carboxylic acids is 2. The fourth-order valence-corrected chi connectivity index (χ4v) is 4.13. The Morgan fingerprint density at radius 1 is 1.03 bits per heavy atom. The molecule has 2 rings (SSSR count). The van der Waals surface area contributed by atoms with Gasteiger partial charge >= 0.3 is 0 Å². The summed E-state index contributed by atoms with van der Waals surface area (Å²) in [4.78, 5) is 27.5. The molecule has 162 valence electrons. The highest BCUT2D eigenvalue weighted by Crippen LogP contribution is 2.18. The van der Waals surface area contributed by atoms with Crippen LogP contribution in [-0.2, 0) is 21.9 Å². The van der Waals surface area contributed by atoms with Crippen molar-refractivity contribution in [1.82, 2.24) is 10.2 Å². The lowest BCUT2D eigenvalue weighted by atomic mass is 10.1. The highest BCUT2D eigenvalue weighted by atomic mass is 32.2. The lowest BCUT2D eigenvalue weighted by molar-refractivity contribution is -0.138. The van der Waals surface area contributed by atoms with E-state index in [0.29, 0.717) is 24.8 Å². The summed E-state index contributed by atoms with van der Waals surface area (Å²) in [6.45, 7) is 11.1. The third-order valence-electron chi connectivity index (χ3n) is 5.03. The van der Waals surface area contributed by atoms with Crippen LogP contribution in [0, 0.1) is 19.8 Å². The first-order valence-corrected chi connectivity index (χ1v) is 11.7. The molecule has 0 radical (unpaired) electrons. The van der Waals surface area contributed by atoms with Crippen molar-refractivity contribution in [1.29, 1.82) is 0 Å². The van der Waals surface area contributed by atoms with E-state index in [1.807, 2.05) is 44.2 Å². The first kappa shape index (κ1) is 24.0. The van der Waals surface area contributed by atoms with Crippen molar-refractivity contribution in [2.24, 2.45) is 5.92 Å². The van der Waals surface area contributed by atoms with Crippen molar-refractivity contribution < 1.29 is 9.59 Å². The lowest BCUT2D eigenvalue weighted by Crippen LogP contribution is -2.48. The summed E-state index contributed by atoms with van der Waals surface area (Å²) in [6.07, 6.45) is 0. The van der Waals surface area contributed by atoms with Gasteiger partial charge in [0.25, 0.3) is 0 Å². The molecule has 0 spiro atoms. The second kappa shape index (κ2) is 11.8. The van der Waals surface area contributed by atoms with Gasteiger partial charge in [-0.3, -0.25) is 9.59 Å². The van der Waals surface area contributed by atoms with Gasteiger partial charge in [-0.1, -0.05) is 67.9 Å². The monoisotopic (exact) mass is 426 g/mol. The molecule has 1 unspecified atom stereocenters. The van der Waals surface area contributed by atoms with E-state index >= 15 is 0 Å². The summed E-state index contributed by atoms with van der Waals surface area (Å²) in [5.41, 5.74) is 4.65. The number of carbonyl (C=O) groups is 2. The molecule has 0 aromatic heterocycles. The van der Waals surface area contributed by atoms with Crippen LogP contribution in [0.4, 0.5) is 0 Å². The van der Waals surface area contributed by atoms with Crippen molar-refractivity contribution >= 4 is 23.6 Å². The fourth-order valence-electron chi connectivity index (χ4n) is 3.15. The SMILES string of the molecule is Cc1cccc(CN(C(=O)CSCc2ccccc2C)C(C)C(=O)NCC(C)C)c1. The summed E-state index contributed by atoms with van der Waals surface area (Å²) in [5.74, 6) is 1.38. The molecular weight excluding hydrogens is 392 g/mol. The standard InChI is InChI=1S/C25H34N2O2S/c1-18(2)14-26-25(29)21(5)27(15-22-11-8-9-19(3)13-22)24(28)17-30-16-23-12-7-6-10-20(23)4/h6-13,18,21H,14-17H2,1-5H3,(H,26,29). The molecule has 0 heterocycles. The number of rotatable bonds is 10. The summed E-state index contributed by atoms with van der Waals surface area (Å²) >= 11 is 1.60. The molecule has 4 nitrogen and oxygen atoms in total. The minimum Gasteiger partial charge on any atom is -0.354 e. The molecule has 0 aliphatic heterocycles. The largest absolute Gasteiger partial charge is 0.354 e. The Morgan fingerprint density at radius 2 is 1.77 bits per heavy atom. The van der Waals surface area contributed by atoms with E-state index < -0.39 is 6.04 Å². The minimum absolute atomic E-state index is 0.0118. The quantitative estimate of drug-likeness (QED) is 0.598. The summed E-state index contributed by atoms with van der Waals surface area (Å²) < 4.78 is 0. The van der Waals surface area contributed by atoms with Gasteiger partial charge in [-0.05, 0) is 43.4 Å². The normalized spacial score (nSPS) is 11.9. The maximum absolute atomic E-state index is 13.1. The van der Waals surface area contributed by atoms with Crippen LogP contribution in [0.15, 0.2) is 48.5 Å². The van der Waals surface area contributed by atoms with E-state index in [-0.39, 0.29) is 11.8 Å². The first-order chi connectivity index (χ1) is 14.3. The minimum atomic E-state index is -0.518. The molecule has 0 aliphatic carbocycles. The topological polar surface area (TPSA) is 49.4 Å². The molecule has 0 aliphatic rings. The molecule has 0 saturated carbocycles. The second-order valence-electron chi connectivity index (χ2n) is 8.24. The fraction of sp³-hybridized carbons (Fsp3) is 0.440. The van der Waals surface area contributed by atoms with Crippen LogP contribution in [0.25, 0.3) is 0 Å². The van der Waals surface area contributed by atoms with Gasteiger partial charge in [-0.15, -0.1) is 11.8 Å². The van der Waals surface area contributed by atoms with E-state index in [9.17, 15) is 9.59 Å². The van der Waals surface area contributed by atoms with Crippen LogP contribution in [0.3, 0.4) is 0 Å². The van der Waals surface area contributed by atoms with E-state index in [4.69, 9.17) is 0 Å². The molecule has 2 amide bonds. The van der Waals surface area contributed by atoms with Crippen molar-refractivity contribution in [3.63, 3.8) is 0 Å². The number of hydrogen-bond acceptors (Lipinski definition) is 3. The maximum Gasteiger partial charge on any atom is 0.242 e. The molecule has 5 heteroatoms. The van der Waals surface area contributed by atoms with Crippen LogP contribution in [-0.4, -0.2) is 35.1 Å². The Morgan fingerprint density at radius 3 is 2.43 bits per heavy atom. The van der Waals surface area contributed by atoms with E-state index in [2.05, 4.69) is 44.3 Å². The second-order valence-corrected chi connectivity index (χ2v) is 9.23. The number of hydrogen-bond donors (Lipinski definition) is 1. The predicted octanol–water partition coefficient (Wildman–Crippen LogP) is 4.73. The molecule has 2 aromatic rings. The predicted molar refractivity (Wildman–Crippen MR) is 126 cm³/mol. The number of aryl methyl sites for hydroxylation is 2. The van der Waals surface area contributed by atoms with Crippen LogP contribution in [0.5, 0.6) is 0 Å². The zero-order valence-corrected chi connectivity index (χ0v) is 19.6. The summed E-state index contributed by atoms with van der Waals surface area (Å²) in [6, 6.07) is 15.8. The van der Waals surface area contributed by atoms with Crippen LogP contribution in [0.2, 0.25) is 0 Å². The molecule has 1 N–H and O–H groups in total. The molecule has 0 bridgehead atoms. The average molecular weight is 427 g/mol. The zero-order valence-electron chi connectivity index (χ0n) is 18.8. The van der Waals surface area contributed by atoms with E-state index in [1.165, 1.54) is 11.1 Å². The Kier molecular flexibility index (Phi) is 9.44. The van der Waals surface area contributed by atoms with Gasteiger partial charge in [0.05, 0.1) is 5.75 Å². The van der Waals surface area contributed by atoms with Crippen LogP contribution >= 0.6 is 11.8 Å². The average Bonchev–Trinajstić information content (AvgIpc) is 2.71. The molecule has 0 saturated heterocycles. The van der Waals surface area contributed by atoms with Gasteiger partial charge in [0.1, 0.15) is 6.04 Å². The molecule has 0 fully saturated rings.